The minimum absolute atomic E-state index is 0.0172. The van der Waals surface area contributed by atoms with Gasteiger partial charge in [-0.3, -0.25) is 4.79 Å². The van der Waals surface area contributed by atoms with E-state index in [9.17, 15) is 4.79 Å². The quantitative estimate of drug-likeness (QED) is 0.927. The Morgan fingerprint density at radius 3 is 2.00 bits per heavy atom. The van der Waals surface area contributed by atoms with E-state index in [1.54, 1.807) is 0 Å². The molecule has 0 aromatic heterocycles. The van der Waals surface area contributed by atoms with Crippen LogP contribution in [0.1, 0.15) is 41.6 Å². The summed E-state index contributed by atoms with van der Waals surface area (Å²) >= 11 is 0. The van der Waals surface area contributed by atoms with Crippen LogP contribution in [0.25, 0.3) is 0 Å². The molecule has 0 heterocycles. The van der Waals surface area contributed by atoms with E-state index in [0.29, 0.717) is 11.6 Å². The predicted molar refractivity (Wildman–Crippen MR) is 91.2 cm³/mol. The van der Waals surface area contributed by atoms with Gasteiger partial charge in [0.25, 0.3) is 5.91 Å². The second-order valence-electron chi connectivity index (χ2n) is 7.51. The summed E-state index contributed by atoms with van der Waals surface area (Å²) in [6.45, 7) is 0.0172. The lowest BCUT2D eigenvalue weighted by Crippen LogP contribution is -2.36. The maximum atomic E-state index is 12.7. The number of nitrogens with zero attached hydrogens (tertiary/aromatic N) is 2. The van der Waals surface area contributed by atoms with Gasteiger partial charge in [-0.1, -0.05) is 12.1 Å². The van der Waals surface area contributed by atoms with Crippen molar-refractivity contribution in [3.8, 4) is 0 Å². The number of hydrogen-bond donors (Lipinski definition) is 1. The maximum Gasteiger partial charge on any atom is 0.253 e. The van der Waals surface area contributed by atoms with Crippen molar-refractivity contribution >= 4 is 5.91 Å². The van der Waals surface area contributed by atoms with Gasteiger partial charge in [0.15, 0.2) is 0 Å². The normalized spacial score (nSPS) is 29.8. The topological polar surface area (TPSA) is 43.8 Å². The van der Waals surface area contributed by atoms with Gasteiger partial charge >= 0.3 is 0 Å². The van der Waals surface area contributed by atoms with E-state index >= 15 is 0 Å². The molecule has 2 saturated carbocycles. The number of benzene rings is 1. The van der Waals surface area contributed by atoms with Crippen LogP contribution in [0.5, 0.6) is 0 Å². The summed E-state index contributed by atoms with van der Waals surface area (Å²) < 4.78 is 0. The van der Waals surface area contributed by atoms with Crippen molar-refractivity contribution in [1.29, 1.82) is 0 Å². The Kier molecular flexibility index (Phi) is 4.74. The minimum atomic E-state index is 0.0172. The molecule has 23 heavy (non-hydrogen) atoms. The van der Waals surface area contributed by atoms with Gasteiger partial charge < -0.3 is 14.9 Å². The molecule has 2 unspecified atom stereocenters. The molecule has 0 saturated heterocycles. The number of amides is 1. The first-order chi connectivity index (χ1) is 11.0. The molecule has 0 aliphatic heterocycles. The second-order valence-corrected chi connectivity index (χ2v) is 7.51. The SMILES string of the molecule is CN(C)C1C[C@@H]2CC(N(C)C(=O)c3ccc(CO)cc3)C[C@@H]2C1. The van der Waals surface area contributed by atoms with Crippen molar-refractivity contribution in [2.75, 3.05) is 21.1 Å². The number of carbonyl (C=O) groups is 1. The Labute approximate surface area is 139 Å². The third-order valence-electron chi connectivity index (χ3n) is 5.95. The van der Waals surface area contributed by atoms with Crippen molar-refractivity contribution in [2.45, 2.75) is 44.4 Å². The lowest BCUT2D eigenvalue weighted by molar-refractivity contribution is 0.0726. The molecule has 2 aliphatic carbocycles. The third kappa shape index (κ3) is 3.29. The van der Waals surface area contributed by atoms with Crippen molar-refractivity contribution in [3.63, 3.8) is 0 Å². The summed E-state index contributed by atoms with van der Waals surface area (Å²) in [4.78, 5) is 17.0. The van der Waals surface area contributed by atoms with Crippen molar-refractivity contribution in [2.24, 2.45) is 11.8 Å². The smallest absolute Gasteiger partial charge is 0.253 e. The van der Waals surface area contributed by atoms with Crippen LogP contribution in [-0.4, -0.2) is 54.0 Å². The van der Waals surface area contributed by atoms with Gasteiger partial charge in [0.05, 0.1) is 6.61 Å². The average molecular weight is 316 g/mol. The van der Waals surface area contributed by atoms with Crippen molar-refractivity contribution in [3.05, 3.63) is 35.4 Å². The first kappa shape index (κ1) is 16.5. The lowest BCUT2D eigenvalue weighted by atomic mass is 10.0. The van der Waals surface area contributed by atoms with E-state index in [2.05, 4.69) is 19.0 Å². The Balaban J connectivity index is 1.61. The van der Waals surface area contributed by atoms with Crippen LogP contribution in [0.3, 0.4) is 0 Å². The molecule has 1 aromatic carbocycles. The fourth-order valence-electron chi connectivity index (χ4n) is 4.41. The van der Waals surface area contributed by atoms with E-state index < -0.39 is 0 Å². The van der Waals surface area contributed by atoms with E-state index in [4.69, 9.17) is 5.11 Å². The number of aliphatic hydroxyl groups excluding tert-OH is 1. The Morgan fingerprint density at radius 1 is 1.00 bits per heavy atom. The molecule has 2 aliphatic rings. The van der Waals surface area contributed by atoms with Gasteiger partial charge in [-0.25, -0.2) is 0 Å². The number of hydrogen-bond acceptors (Lipinski definition) is 3. The molecule has 1 amide bonds. The van der Waals surface area contributed by atoms with Crippen LogP contribution in [0.15, 0.2) is 24.3 Å². The summed E-state index contributed by atoms with van der Waals surface area (Å²) in [7, 11) is 6.29. The molecule has 0 spiro atoms. The monoisotopic (exact) mass is 316 g/mol. The van der Waals surface area contributed by atoms with Gasteiger partial charge in [-0.15, -0.1) is 0 Å². The molecule has 0 bridgehead atoms. The highest BCUT2D eigenvalue weighted by molar-refractivity contribution is 5.94. The molecule has 0 radical (unpaired) electrons. The fraction of sp³-hybridized carbons (Fsp3) is 0.632. The summed E-state index contributed by atoms with van der Waals surface area (Å²) in [5, 5.41) is 9.10. The molecule has 4 atom stereocenters. The Bertz CT molecular complexity index is 541. The van der Waals surface area contributed by atoms with Gasteiger partial charge in [-0.2, -0.15) is 0 Å². The van der Waals surface area contributed by atoms with E-state index in [0.717, 1.165) is 36.3 Å². The first-order valence-corrected chi connectivity index (χ1v) is 8.63. The van der Waals surface area contributed by atoms with Gasteiger partial charge in [0, 0.05) is 24.7 Å². The molecule has 3 rings (SSSR count). The second kappa shape index (κ2) is 6.62. The number of rotatable bonds is 4. The zero-order chi connectivity index (χ0) is 16.6. The average Bonchev–Trinajstić information content (AvgIpc) is 3.12. The molecule has 4 nitrogen and oxygen atoms in total. The molecular weight excluding hydrogens is 288 g/mol. The molecule has 1 N–H and O–H groups in total. The van der Waals surface area contributed by atoms with Crippen molar-refractivity contribution < 1.29 is 9.90 Å². The molecule has 126 valence electrons. The number of aliphatic hydroxyl groups is 1. The number of carbonyl (C=O) groups excluding carboxylic acids is 1. The summed E-state index contributed by atoms with van der Waals surface area (Å²) in [5.74, 6) is 1.66. The fourth-order valence-corrected chi connectivity index (χ4v) is 4.41. The zero-order valence-corrected chi connectivity index (χ0v) is 14.4. The van der Waals surface area contributed by atoms with Crippen molar-refractivity contribution in [1.82, 2.24) is 9.80 Å². The predicted octanol–water partition coefficient (Wildman–Crippen LogP) is 2.37. The van der Waals surface area contributed by atoms with Gasteiger partial charge in [0.2, 0.25) is 0 Å². The first-order valence-electron chi connectivity index (χ1n) is 8.63. The summed E-state index contributed by atoms with van der Waals surface area (Å²) in [6.07, 6.45) is 4.85. The van der Waals surface area contributed by atoms with Crippen LogP contribution in [0, 0.1) is 11.8 Å². The van der Waals surface area contributed by atoms with Crippen LogP contribution in [-0.2, 0) is 6.61 Å². The van der Waals surface area contributed by atoms with Crippen LogP contribution in [0.2, 0.25) is 0 Å². The van der Waals surface area contributed by atoms with Crippen LogP contribution < -0.4 is 0 Å². The summed E-state index contributed by atoms with van der Waals surface area (Å²) in [6, 6.07) is 8.39. The number of fused-ring (bicyclic) bond motifs is 1. The van der Waals surface area contributed by atoms with Crippen LogP contribution in [0.4, 0.5) is 0 Å². The van der Waals surface area contributed by atoms with Gasteiger partial charge in [0.1, 0.15) is 0 Å². The highest BCUT2D eigenvalue weighted by Gasteiger charge is 2.44. The maximum absolute atomic E-state index is 12.7. The Hall–Kier alpha value is -1.39. The van der Waals surface area contributed by atoms with E-state index in [1.807, 2.05) is 36.2 Å². The molecule has 1 aromatic rings. The standard InChI is InChI=1S/C19H28N2O2/c1-20(2)17-8-15-10-18(11-16(15)9-17)21(3)19(23)14-6-4-13(12-22)5-7-14/h4-7,15-18,22H,8-12H2,1-3H3/t15-,16+,17?,18?. The summed E-state index contributed by atoms with van der Waals surface area (Å²) in [5.41, 5.74) is 1.56. The molecule has 2 fully saturated rings. The minimum Gasteiger partial charge on any atom is -0.392 e. The highest BCUT2D eigenvalue weighted by atomic mass is 16.3. The largest absolute Gasteiger partial charge is 0.392 e. The third-order valence-corrected chi connectivity index (χ3v) is 5.95. The highest BCUT2D eigenvalue weighted by Crippen LogP contribution is 2.46. The van der Waals surface area contributed by atoms with Gasteiger partial charge in [-0.05, 0) is 69.3 Å². The molecular formula is C19H28N2O2. The Morgan fingerprint density at radius 2 is 1.52 bits per heavy atom. The molecule has 4 heteroatoms. The zero-order valence-electron chi connectivity index (χ0n) is 14.4. The van der Waals surface area contributed by atoms with E-state index in [1.165, 1.54) is 12.8 Å². The van der Waals surface area contributed by atoms with E-state index in [-0.39, 0.29) is 12.5 Å². The lowest BCUT2D eigenvalue weighted by Gasteiger charge is -2.27. The van der Waals surface area contributed by atoms with Crippen LogP contribution >= 0.6 is 0 Å².